The summed E-state index contributed by atoms with van der Waals surface area (Å²) in [6, 6.07) is 5.55. The molecule has 4 heteroatoms. The second-order valence-corrected chi connectivity index (χ2v) is 7.54. The monoisotopic (exact) mass is 312 g/mol. The maximum absolute atomic E-state index is 13.6. The van der Waals surface area contributed by atoms with Gasteiger partial charge in [0.05, 0.1) is 5.02 Å². The van der Waals surface area contributed by atoms with Crippen molar-refractivity contribution in [1.29, 1.82) is 0 Å². The third-order valence-electron chi connectivity index (χ3n) is 4.08. The van der Waals surface area contributed by atoms with Crippen molar-refractivity contribution >= 4 is 11.6 Å². The van der Waals surface area contributed by atoms with Crippen LogP contribution in [0.5, 0.6) is 0 Å². The van der Waals surface area contributed by atoms with Crippen LogP contribution in [0.1, 0.15) is 39.7 Å². The standard InChI is InChI=1S/C17H26ClFN2/c1-12(2)8-14-9-20-17(3,4)11-21(14)10-13-6-5-7-15(19)16(13)18/h5-7,12,14,20H,8-11H2,1-4H3. The van der Waals surface area contributed by atoms with Gasteiger partial charge in [-0.3, -0.25) is 4.90 Å². The van der Waals surface area contributed by atoms with Gasteiger partial charge in [0.1, 0.15) is 5.82 Å². The van der Waals surface area contributed by atoms with Gasteiger partial charge in [0.2, 0.25) is 0 Å². The molecule has 1 aliphatic heterocycles. The summed E-state index contributed by atoms with van der Waals surface area (Å²) in [5, 5.41) is 3.87. The number of piperazine rings is 1. The van der Waals surface area contributed by atoms with E-state index in [1.54, 1.807) is 6.07 Å². The summed E-state index contributed by atoms with van der Waals surface area (Å²) < 4.78 is 13.6. The third kappa shape index (κ3) is 4.41. The van der Waals surface area contributed by atoms with Gasteiger partial charge in [-0.15, -0.1) is 0 Å². The Morgan fingerprint density at radius 3 is 2.81 bits per heavy atom. The molecule has 118 valence electrons. The summed E-state index contributed by atoms with van der Waals surface area (Å²) >= 11 is 6.12. The van der Waals surface area contributed by atoms with Gasteiger partial charge in [-0.2, -0.15) is 0 Å². The topological polar surface area (TPSA) is 15.3 Å². The van der Waals surface area contributed by atoms with Crippen LogP contribution in [0.3, 0.4) is 0 Å². The fourth-order valence-corrected chi connectivity index (χ4v) is 3.25. The first-order chi connectivity index (χ1) is 9.78. The van der Waals surface area contributed by atoms with E-state index in [0.717, 1.165) is 25.1 Å². The third-order valence-corrected chi connectivity index (χ3v) is 4.50. The molecule has 0 aromatic heterocycles. The molecular weight excluding hydrogens is 287 g/mol. The van der Waals surface area contributed by atoms with Gasteiger partial charge >= 0.3 is 0 Å². The normalized spacial score (nSPS) is 22.7. The minimum atomic E-state index is -0.330. The summed E-state index contributed by atoms with van der Waals surface area (Å²) in [6.45, 7) is 11.5. The second-order valence-electron chi connectivity index (χ2n) is 7.17. The molecular formula is C17H26ClFN2. The molecule has 0 saturated carbocycles. The molecule has 0 amide bonds. The molecule has 1 unspecified atom stereocenters. The van der Waals surface area contributed by atoms with E-state index in [1.165, 1.54) is 6.07 Å². The Kier molecular flexibility index (Phi) is 5.29. The van der Waals surface area contributed by atoms with E-state index in [9.17, 15) is 4.39 Å². The Morgan fingerprint density at radius 2 is 2.14 bits per heavy atom. The highest BCUT2D eigenvalue weighted by Gasteiger charge is 2.33. The number of hydrogen-bond donors (Lipinski definition) is 1. The first kappa shape index (κ1) is 16.7. The number of rotatable bonds is 4. The van der Waals surface area contributed by atoms with E-state index in [4.69, 9.17) is 11.6 Å². The van der Waals surface area contributed by atoms with Crippen LogP contribution in [-0.4, -0.2) is 29.6 Å². The van der Waals surface area contributed by atoms with Crippen LogP contribution >= 0.6 is 11.6 Å². The molecule has 1 heterocycles. The smallest absolute Gasteiger partial charge is 0.142 e. The van der Waals surface area contributed by atoms with E-state index in [-0.39, 0.29) is 16.4 Å². The van der Waals surface area contributed by atoms with Crippen LogP contribution in [-0.2, 0) is 6.54 Å². The van der Waals surface area contributed by atoms with Crippen LogP contribution in [0.15, 0.2) is 18.2 Å². The minimum absolute atomic E-state index is 0.0767. The van der Waals surface area contributed by atoms with Gasteiger partial charge in [-0.05, 0) is 37.8 Å². The Bertz CT molecular complexity index is 488. The predicted molar refractivity (Wildman–Crippen MR) is 87.1 cm³/mol. The Labute approximate surface area is 132 Å². The lowest BCUT2D eigenvalue weighted by Crippen LogP contribution is -2.61. The average molecular weight is 313 g/mol. The van der Waals surface area contributed by atoms with Crippen LogP contribution in [0.25, 0.3) is 0 Å². The molecule has 21 heavy (non-hydrogen) atoms. The molecule has 0 radical (unpaired) electrons. The lowest BCUT2D eigenvalue weighted by Gasteiger charge is -2.45. The summed E-state index contributed by atoms with van der Waals surface area (Å²) in [4.78, 5) is 2.44. The van der Waals surface area contributed by atoms with Crippen molar-refractivity contribution in [3.63, 3.8) is 0 Å². The van der Waals surface area contributed by atoms with Crippen molar-refractivity contribution in [3.8, 4) is 0 Å². The molecule has 1 N–H and O–H groups in total. The predicted octanol–water partition coefficient (Wildman–Crippen LogP) is 4.08. The average Bonchev–Trinajstić information content (AvgIpc) is 2.37. The van der Waals surface area contributed by atoms with Crippen LogP contribution in [0.4, 0.5) is 4.39 Å². The van der Waals surface area contributed by atoms with Crippen molar-refractivity contribution in [3.05, 3.63) is 34.6 Å². The molecule has 1 aromatic carbocycles. The molecule has 0 spiro atoms. The van der Waals surface area contributed by atoms with Gasteiger partial charge in [-0.1, -0.05) is 37.6 Å². The van der Waals surface area contributed by atoms with Crippen LogP contribution in [0.2, 0.25) is 5.02 Å². The largest absolute Gasteiger partial charge is 0.309 e. The van der Waals surface area contributed by atoms with E-state index < -0.39 is 0 Å². The highest BCUT2D eigenvalue weighted by Crippen LogP contribution is 2.26. The van der Waals surface area contributed by atoms with Crippen LogP contribution in [0, 0.1) is 11.7 Å². The second kappa shape index (κ2) is 6.64. The fourth-order valence-electron chi connectivity index (χ4n) is 3.07. The summed E-state index contributed by atoms with van der Waals surface area (Å²) in [5.41, 5.74) is 0.955. The zero-order chi connectivity index (χ0) is 15.6. The van der Waals surface area contributed by atoms with Gasteiger partial charge in [0.25, 0.3) is 0 Å². The Hall–Kier alpha value is -0.640. The first-order valence-corrected chi connectivity index (χ1v) is 8.08. The molecule has 1 fully saturated rings. The molecule has 1 aromatic rings. The molecule has 1 saturated heterocycles. The van der Waals surface area contributed by atoms with Crippen LogP contribution < -0.4 is 5.32 Å². The van der Waals surface area contributed by atoms with Crippen molar-refractivity contribution < 1.29 is 4.39 Å². The summed E-state index contributed by atoms with van der Waals surface area (Å²) in [6.07, 6.45) is 1.13. The van der Waals surface area contributed by atoms with Crippen molar-refractivity contribution in [2.24, 2.45) is 5.92 Å². The molecule has 0 bridgehead atoms. The lowest BCUT2D eigenvalue weighted by atomic mass is 9.93. The molecule has 0 aliphatic carbocycles. The molecule has 1 aliphatic rings. The Balaban J connectivity index is 2.17. The van der Waals surface area contributed by atoms with E-state index in [2.05, 4.69) is 37.9 Å². The van der Waals surface area contributed by atoms with E-state index in [1.807, 2.05) is 6.07 Å². The minimum Gasteiger partial charge on any atom is -0.309 e. The maximum Gasteiger partial charge on any atom is 0.142 e. The maximum atomic E-state index is 13.6. The van der Waals surface area contributed by atoms with Crippen molar-refractivity contribution in [2.75, 3.05) is 13.1 Å². The van der Waals surface area contributed by atoms with Gasteiger partial charge in [0.15, 0.2) is 0 Å². The zero-order valence-electron chi connectivity index (χ0n) is 13.4. The summed E-state index contributed by atoms with van der Waals surface area (Å²) in [7, 11) is 0. The quantitative estimate of drug-likeness (QED) is 0.901. The number of nitrogens with zero attached hydrogens (tertiary/aromatic N) is 1. The van der Waals surface area contributed by atoms with E-state index >= 15 is 0 Å². The highest BCUT2D eigenvalue weighted by atomic mass is 35.5. The number of benzene rings is 1. The summed E-state index contributed by atoms with van der Waals surface area (Å²) in [5.74, 6) is 0.312. The fraction of sp³-hybridized carbons (Fsp3) is 0.647. The first-order valence-electron chi connectivity index (χ1n) is 7.70. The SMILES string of the molecule is CC(C)CC1CNC(C)(C)CN1Cc1cccc(F)c1Cl. The number of hydrogen-bond acceptors (Lipinski definition) is 2. The molecule has 1 atom stereocenters. The number of halogens is 2. The zero-order valence-corrected chi connectivity index (χ0v) is 14.2. The molecule has 2 rings (SSSR count). The van der Waals surface area contributed by atoms with Gasteiger partial charge < -0.3 is 5.32 Å². The van der Waals surface area contributed by atoms with Crippen molar-refractivity contribution in [2.45, 2.75) is 52.2 Å². The van der Waals surface area contributed by atoms with E-state index in [0.29, 0.717) is 18.5 Å². The number of nitrogens with one attached hydrogen (secondary N) is 1. The highest BCUT2D eigenvalue weighted by molar-refractivity contribution is 6.31. The lowest BCUT2D eigenvalue weighted by molar-refractivity contribution is 0.0759. The van der Waals surface area contributed by atoms with Gasteiger partial charge in [-0.25, -0.2) is 4.39 Å². The Morgan fingerprint density at radius 1 is 1.43 bits per heavy atom. The van der Waals surface area contributed by atoms with Gasteiger partial charge in [0, 0.05) is 31.2 Å². The van der Waals surface area contributed by atoms with Crippen molar-refractivity contribution in [1.82, 2.24) is 10.2 Å². The molecule has 2 nitrogen and oxygen atoms in total.